The molecule has 0 amide bonds. The van der Waals surface area contributed by atoms with Gasteiger partial charge in [-0.05, 0) is 49.8 Å². The Balaban J connectivity index is 1.81. The first-order valence-corrected chi connectivity index (χ1v) is 6.75. The van der Waals surface area contributed by atoms with Crippen LogP contribution >= 0.6 is 0 Å². The van der Waals surface area contributed by atoms with E-state index in [2.05, 4.69) is 12.2 Å². The molecule has 0 radical (unpaired) electrons. The van der Waals surface area contributed by atoms with Crippen LogP contribution in [0.5, 0.6) is 5.75 Å². The summed E-state index contributed by atoms with van der Waals surface area (Å²) < 4.78 is 18.9. The average Bonchev–Trinajstić information content (AvgIpc) is 3.19. The number of nitrogens with one attached hydrogen (secondary N) is 1. The average molecular weight is 251 g/mol. The Bertz CT molecular complexity index is 390. The second kappa shape index (κ2) is 6.19. The molecule has 2 nitrogen and oxygen atoms in total. The molecule has 0 aliphatic heterocycles. The lowest BCUT2D eigenvalue weighted by Crippen LogP contribution is -2.23. The molecule has 1 unspecified atom stereocenters. The number of methoxy groups -OCH3 is 1. The number of aryl methyl sites for hydroxylation is 1. The van der Waals surface area contributed by atoms with E-state index in [1.54, 1.807) is 6.07 Å². The van der Waals surface area contributed by atoms with Gasteiger partial charge in [-0.2, -0.15) is 0 Å². The third kappa shape index (κ3) is 3.70. The summed E-state index contributed by atoms with van der Waals surface area (Å²) in [7, 11) is 1.50. The zero-order chi connectivity index (χ0) is 13.0. The van der Waals surface area contributed by atoms with Crippen LogP contribution in [-0.2, 0) is 6.42 Å². The summed E-state index contributed by atoms with van der Waals surface area (Å²) >= 11 is 0. The molecule has 1 saturated carbocycles. The monoisotopic (exact) mass is 251 g/mol. The van der Waals surface area contributed by atoms with E-state index in [9.17, 15) is 4.39 Å². The van der Waals surface area contributed by atoms with Crippen molar-refractivity contribution in [1.29, 1.82) is 0 Å². The summed E-state index contributed by atoms with van der Waals surface area (Å²) in [6.07, 6.45) is 4.41. The number of benzene rings is 1. The summed E-state index contributed by atoms with van der Waals surface area (Å²) in [5, 5.41) is 3.51. The van der Waals surface area contributed by atoms with Crippen LogP contribution in [0.15, 0.2) is 18.2 Å². The number of ether oxygens (including phenoxy) is 1. The molecule has 18 heavy (non-hydrogen) atoms. The van der Waals surface area contributed by atoms with Crippen LogP contribution in [0.3, 0.4) is 0 Å². The fourth-order valence-electron chi connectivity index (χ4n) is 2.07. The van der Waals surface area contributed by atoms with E-state index in [1.165, 1.54) is 20.0 Å². The molecular weight excluding hydrogens is 229 g/mol. The van der Waals surface area contributed by atoms with Gasteiger partial charge in [0.2, 0.25) is 0 Å². The predicted molar refractivity (Wildman–Crippen MR) is 71.5 cm³/mol. The molecule has 2 rings (SSSR count). The molecule has 0 spiro atoms. The van der Waals surface area contributed by atoms with Gasteiger partial charge in [0.05, 0.1) is 7.11 Å². The largest absolute Gasteiger partial charge is 0.494 e. The molecule has 0 bridgehead atoms. The second-order valence-electron chi connectivity index (χ2n) is 5.26. The maximum Gasteiger partial charge on any atom is 0.168 e. The van der Waals surface area contributed by atoms with E-state index < -0.39 is 0 Å². The van der Waals surface area contributed by atoms with Gasteiger partial charge in [0, 0.05) is 6.04 Å². The number of hydrogen-bond acceptors (Lipinski definition) is 2. The molecule has 1 aliphatic rings. The molecule has 1 aromatic rings. The fourth-order valence-corrected chi connectivity index (χ4v) is 2.07. The highest BCUT2D eigenvalue weighted by Gasteiger charge is 2.20. The first-order valence-electron chi connectivity index (χ1n) is 6.75. The van der Waals surface area contributed by atoms with E-state index in [0.717, 1.165) is 31.0 Å². The Morgan fingerprint density at radius 3 is 2.89 bits per heavy atom. The lowest BCUT2D eigenvalue weighted by molar-refractivity contribution is 0.382. The molecule has 1 atom stereocenters. The topological polar surface area (TPSA) is 21.3 Å². The first-order chi connectivity index (χ1) is 8.70. The van der Waals surface area contributed by atoms with Crippen molar-refractivity contribution in [3.63, 3.8) is 0 Å². The van der Waals surface area contributed by atoms with Crippen molar-refractivity contribution in [3.8, 4) is 5.75 Å². The maximum atomic E-state index is 13.9. The van der Waals surface area contributed by atoms with Crippen molar-refractivity contribution in [3.05, 3.63) is 29.6 Å². The molecule has 1 N–H and O–H groups in total. The minimum Gasteiger partial charge on any atom is -0.494 e. The minimum atomic E-state index is -0.206. The summed E-state index contributed by atoms with van der Waals surface area (Å²) in [5.74, 6) is 0.717. The van der Waals surface area contributed by atoms with Crippen LogP contribution in [0.4, 0.5) is 4.39 Å². The Hall–Kier alpha value is -1.09. The van der Waals surface area contributed by atoms with Gasteiger partial charge in [-0.25, -0.2) is 4.39 Å². The van der Waals surface area contributed by atoms with Crippen LogP contribution in [0.1, 0.15) is 31.7 Å². The van der Waals surface area contributed by atoms with E-state index in [0.29, 0.717) is 11.7 Å². The molecule has 0 aromatic heterocycles. The molecule has 0 heterocycles. The number of hydrogen-bond donors (Lipinski definition) is 1. The highest BCUT2D eigenvalue weighted by atomic mass is 19.1. The standard InChI is InChI=1S/C15H22FNO/c1-11(10-17-13-8-9-13)6-7-12-4-3-5-14(18-2)15(12)16/h3-5,11,13,17H,6-10H2,1-2H3. The van der Waals surface area contributed by atoms with Gasteiger partial charge in [-0.3, -0.25) is 0 Å². The van der Waals surface area contributed by atoms with Gasteiger partial charge >= 0.3 is 0 Å². The SMILES string of the molecule is COc1cccc(CCC(C)CNC2CC2)c1F. The molecular formula is C15H22FNO. The Labute approximate surface area is 109 Å². The van der Waals surface area contributed by atoms with Crippen LogP contribution < -0.4 is 10.1 Å². The molecule has 100 valence electrons. The maximum absolute atomic E-state index is 13.9. The van der Waals surface area contributed by atoms with Crippen LogP contribution in [0.25, 0.3) is 0 Å². The lowest BCUT2D eigenvalue weighted by Gasteiger charge is -2.13. The molecule has 1 aliphatic carbocycles. The smallest absolute Gasteiger partial charge is 0.168 e. The van der Waals surface area contributed by atoms with Gasteiger partial charge in [-0.1, -0.05) is 19.1 Å². The second-order valence-corrected chi connectivity index (χ2v) is 5.26. The summed E-state index contributed by atoms with van der Waals surface area (Å²) in [5.41, 5.74) is 0.757. The van der Waals surface area contributed by atoms with Gasteiger partial charge in [0.1, 0.15) is 0 Å². The van der Waals surface area contributed by atoms with Crippen molar-refractivity contribution < 1.29 is 9.13 Å². The normalized spacial score (nSPS) is 16.6. The van der Waals surface area contributed by atoms with Crippen LogP contribution in [0, 0.1) is 11.7 Å². The third-order valence-electron chi connectivity index (χ3n) is 3.50. The number of halogens is 1. The van der Waals surface area contributed by atoms with Gasteiger partial charge < -0.3 is 10.1 Å². The van der Waals surface area contributed by atoms with Crippen molar-refractivity contribution in [1.82, 2.24) is 5.32 Å². The van der Waals surface area contributed by atoms with Gasteiger partial charge in [0.25, 0.3) is 0 Å². The predicted octanol–water partition coefficient (Wildman–Crippen LogP) is 3.16. The molecule has 1 aromatic carbocycles. The molecule has 0 saturated heterocycles. The quantitative estimate of drug-likeness (QED) is 0.803. The highest BCUT2D eigenvalue weighted by Crippen LogP contribution is 2.23. The summed E-state index contributed by atoms with van der Waals surface area (Å²) in [6, 6.07) is 6.11. The highest BCUT2D eigenvalue weighted by molar-refractivity contribution is 5.31. The minimum absolute atomic E-state index is 0.206. The van der Waals surface area contributed by atoms with Gasteiger partial charge in [0.15, 0.2) is 11.6 Å². The van der Waals surface area contributed by atoms with Gasteiger partial charge in [-0.15, -0.1) is 0 Å². The van der Waals surface area contributed by atoms with Crippen molar-refractivity contribution in [2.75, 3.05) is 13.7 Å². The Morgan fingerprint density at radius 2 is 2.22 bits per heavy atom. The fraction of sp³-hybridized carbons (Fsp3) is 0.600. The summed E-state index contributed by atoms with van der Waals surface area (Å²) in [4.78, 5) is 0. The lowest BCUT2D eigenvalue weighted by atomic mass is 10.0. The first kappa shape index (κ1) is 13.3. The zero-order valence-electron chi connectivity index (χ0n) is 11.2. The Morgan fingerprint density at radius 1 is 1.44 bits per heavy atom. The third-order valence-corrected chi connectivity index (χ3v) is 3.50. The molecule has 1 fully saturated rings. The van der Waals surface area contributed by atoms with Crippen molar-refractivity contribution in [2.24, 2.45) is 5.92 Å². The summed E-state index contributed by atoms with van der Waals surface area (Å²) in [6.45, 7) is 3.25. The van der Waals surface area contributed by atoms with Crippen molar-refractivity contribution >= 4 is 0 Å². The zero-order valence-corrected chi connectivity index (χ0v) is 11.2. The van der Waals surface area contributed by atoms with Crippen LogP contribution in [0.2, 0.25) is 0 Å². The van der Waals surface area contributed by atoms with E-state index in [-0.39, 0.29) is 5.82 Å². The molecule has 3 heteroatoms. The van der Waals surface area contributed by atoms with Crippen LogP contribution in [-0.4, -0.2) is 19.7 Å². The van der Waals surface area contributed by atoms with E-state index >= 15 is 0 Å². The van der Waals surface area contributed by atoms with E-state index in [4.69, 9.17) is 4.74 Å². The number of rotatable bonds is 7. The van der Waals surface area contributed by atoms with Crippen molar-refractivity contribution in [2.45, 2.75) is 38.6 Å². The Kier molecular flexibility index (Phi) is 4.59. The van der Waals surface area contributed by atoms with E-state index in [1.807, 2.05) is 12.1 Å².